The van der Waals surface area contributed by atoms with E-state index in [2.05, 4.69) is 10.1 Å². The summed E-state index contributed by atoms with van der Waals surface area (Å²) < 4.78 is 55.7. The predicted molar refractivity (Wildman–Crippen MR) is 105 cm³/mol. The van der Waals surface area contributed by atoms with Gasteiger partial charge in [0.15, 0.2) is 0 Å². The molecule has 6 nitrogen and oxygen atoms in total. The average Bonchev–Trinajstić information content (AvgIpc) is 2.67. The topological polar surface area (TPSA) is 78.9 Å². The van der Waals surface area contributed by atoms with Crippen molar-refractivity contribution < 1.29 is 37.0 Å². The van der Waals surface area contributed by atoms with Crippen molar-refractivity contribution in [3.63, 3.8) is 0 Å². The third-order valence-corrected chi connectivity index (χ3v) is 5.04. The molecular weight excluding hydrogens is 444 g/mol. The summed E-state index contributed by atoms with van der Waals surface area (Å²) in [6.45, 7) is -0.107. The Kier molecular flexibility index (Phi) is 6.59. The smallest absolute Gasteiger partial charge is 0.465 e. The number of carboxylic acid groups (broad SMARTS) is 1. The monoisotopic (exact) mass is 460 g/mol. The lowest BCUT2D eigenvalue weighted by molar-refractivity contribution is -0.274. The van der Waals surface area contributed by atoms with Gasteiger partial charge in [-0.05, 0) is 24.6 Å². The van der Waals surface area contributed by atoms with Crippen molar-refractivity contribution in [1.29, 1.82) is 0 Å². The fourth-order valence-electron chi connectivity index (χ4n) is 3.34. The van der Waals surface area contributed by atoms with Gasteiger partial charge >= 0.3 is 12.5 Å². The third-order valence-electron chi connectivity index (χ3n) is 4.73. The van der Waals surface area contributed by atoms with E-state index in [1.54, 1.807) is 0 Å². The van der Waals surface area contributed by atoms with Crippen LogP contribution in [0.2, 0.25) is 5.02 Å². The van der Waals surface area contributed by atoms with E-state index in [1.165, 1.54) is 36.4 Å². The van der Waals surface area contributed by atoms with Gasteiger partial charge in [-0.3, -0.25) is 9.69 Å². The van der Waals surface area contributed by atoms with Crippen LogP contribution < -0.4 is 10.1 Å². The Bertz CT molecular complexity index is 986. The van der Waals surface area contributed by atoms with Gasteiger partial charge in [-0.1, -0.05) is 35.9 Å². The maximum Gasteiger partial charge on any atom is 0.573 e. The van der Waals surface area contributed by atoms with E-state index in [1.807, 2.05) is 0 Å². The van der Waals surface area contributed by atoms with E-state index in [-0.39, 0.29) is 41.2 Å². The Hall–Kier alpha value is -3.01. The van der Waals surface area contributed by atoms with Crippen LogP contribution in [0.4, 0.5) is 28.0 Å². The molecule has 1 saturated heterocycles. The number of piperidine rings is 1. The highest BCUT2D eigenvalue weighted by atomic mass is 35.5. The number of amides is 2. The second-order valence-electron chi connectivity index (χ2n) is 6.84. The van der Waals surface area contributed by atoms with Gasteiger partial charge in [0.1, 0.15) is 18.0 Å². The number of rotatable bonds is 4. The zero-order valence-electron chi connectivity index (χ0n) is 15.8. The molecule has 0 bridgehead atoms. The number of benzene rings is 2. The second-order valence-corrected chi connectivity index (χ2v) is 7.25. The minimum absolute atomic E-state index is 0.00993. The number of ether oxygens (including phenoxy) is 1. The number of carbonyl (C=O) groups excluding carboxylic acids is 1. The van der Waals surface area contributed by atoms with Crippen molar-refractivity contribution >= 4 is 29.3 Å². The molecule has 1 aliphatic heterocycles. The molecule has 2 aromatic carbocycles. The van der Waals surface area contributed by atoms with Crippen molar-refractivity contribution in [3.05, 3.63) is 47.5 Å². The van der Waals surface area contributed by atoms with Crippen LogP contribution >= 0.6 is 11.6 Å². The molecule has 166 valence electrons. The van der Waals surface area contributed by atoms with Gasteiger partial charge in [0.25, 0.3) is 0 Å². The summed E-state index contributed by atoms with van der Waals surface area (Å²) in [5.41, 5.74) is 0.500. The van der Waals surface area contributed by atoms with Crippen LogP contribution in [0.25, 0.3) is 11.1 Å². The fraction of sp³-hybridized carbons (Fsp3) is 0.300. The molecule has 2 atom stereocenters. The molecule has 0 spiro atoms. The van der Waals surface area contributed by atoms with E-state index in [9.17, 15) is 32.3 Å². The van der Waals surface area contributed by atoms with Crippen molar-refractivity contribution in [2.45, 2.75) is 31.4 Å². The Morgan fingerprint density at radius 2 is 1.87 bits per heavy atom. The number of anilines is 1. The minimum atomic E-state index is -4.89. The first-order valence-electron chi connectivity index (χ1n) is 9.14. The molecule has 1 heterocycles. The van der Waals surface area contributed by atoms with E-state index >= 15 is 0 Å². The number of nitrogens with zero attached hydrogens (tertiary/aromatic N) is 1. The van der Waals surface area contributed by atoms with Crippen LogP contribution in [0, 0.1) is 0 Å². The Balaban J connectivity index is 1.82. The molecule has 11 heteroatoms. The SMILES string of the molecule is O=C(Nc1ccc(-c2ccccc2OC(F)(F)F)c(Cl)c1)[C@H]1C[C@H](F)CCN1C(=O)O. The Morgan fingerprint density at radius 1 is 1.16 bits per heavy atom. The van der Waals surface area contributed by atoms with E-state index in [0.717, 1.165) is 11.0 Å². The average molecular weight is 461 g/mol. The highest BCUT2D eigenvalue weighted by molar-refractivity contribution is 6.33. The molecule has 1 aliphatic rings. The lowest BCUT2D eigenvalue weighted by Gasteiger charge is -2.34. The van der Waals surface area contributed by atoms with Gasteiger partial charge in [-0.2, -0.15) is 0 Å². The van der Waals surface area contributed by atoms with Crippen LogP contribution in [0.15, 0.2) is 42.5 Å². The number of halogens is 5. The number of hydrogen-bond donors (Lipinski definition) is 2. The third kappa shape index (κ3) is 5.57. The van der Waals surface area contributed by atoms with Crippen LogP contribution in [-0.2, 0) is 4.79 Å². The maximum atomic E-state index is 13.7. The molecule has 31 heavy (non-hydrogen) atoms. The highest BCUT2D eigenvalue weighted by Crippen LogP contribution is 2.38. The number of alkyl halides is 4. The summed E-state index contributed by atoms with van der Waals surface area (Å²) in [7, 11) is 0. The number of nitrogens with one attached hydrogen (secondary N) is 1. The zero-order valence-corrected chi connectivity index (χ0v) is 16.6. The number of carbonyl (C=O) groups is 2. The van der Waals surface area contributed by atoms with Crippen LogP contribution in [0.5, 0.6) is 5.75 Å². The first kappa shape index (κ1) is 22.7. The quantitative estimate of drug-likeness (QED) is 0.605. The molecule has 2 aromatic rings. The van der Waals surface area contributed by atoms with Gasteiger partial charge in [-0.25, -0.2) is 9.18 Å². The summed E-state index contributed by atoms with van der Waals surface area (Å²) in [5, 5.41) is 11.7. The molecule has 0 unspecified atom stereocenters. The van der Waals surface area contributed by atoms with E-state index < -0.39 is 36.3 Å². The summed E-state index contributed by atoms with van der Waals surface area (Å²) >= 11 is 6.23. The highest BCUT2D eigenvalue weighted by Gasteiger charge is 2.36. The van der Waals surface area contributed by atoms with E-state index in [0.29, 0.717) is 0 Å². The van der Waals surface area contributed by atoms with Crippen LogP contribution in [-0.4, -0.2) is 47.1 Å². The van der Waals surface area contributed by atoms with Crippen molar-refractivity contribution in [2.24, 2.45) is 0 Å². The van der Waals surface area contributed by atoms with E-state index in [4.69, 9.17) is 11.6 Å². The van der Waals surface area contributed by atoms with Crippen molar-refractivity contribution in [1.82, 2.24) is 4.90 Å². The molecule has 0 aliphatic carbocycles. The Morgan fingerprint density at radius 3 is 2.52 bits per heavy atom. The zero-order chi connectivity index (χ0) is 22.8. The van der Waals surface area contributed by atoms with Crippen LogP contribution in [0.3, 0.4) is 0 Å². The van der Waals surface area contributed by atoms with Gasteiger partial charge in [0.2, 0.25) is 5.91 Å². The van der Waals surface area contributed by atoms with Crippen LogP contribution in [0.1, 0.15) is 12.8 Å². The first-order valence-corrected chi connectivity index (χ1v) is 9.52. The second kappa shape index (κ2) is 9.01. The number of likely N-dealkylation sites (tertiary alicyclic amines) is 1. The van der Waals surface area contributed by atoms with Crippen molar-refractivity contribution in [2.75, 3.05) is 11.9 Å². The minimum Gasteiger partial charge on any atom is -0.465 e. The molecule has 3 rings (SSSR count). The summed E-state index contributed by atoms with van der Waals surface area (Å²) in [6.07, 6.45) is -7.78. The molecule has 0 aromatic heterocycles. The molecule has 0 radical (unpaired) electrons. The van der Waals surface area contributed by atoms with Gasteiger partial charge in [-0.15, -0.1) is 13.2 Å². The summed E-state index contributed by atoms with van der Waals surface area (Å²) in [6, 6.07) is 8.32. The fourth-order valence-corrected chi connectivity index (χ4v) is 3.62. The molecule has 1 fully saturated rings. The molecule has 0 saturated carbocycles. The largest absolute Gasteiger partial charge is 0.573 e. The molecule has 2 N–H and O–H groups in total. The van der Waals surface area contributed by atoms with Gasteiger partial charge < -0.3 is 15.2 Å². The lowest BCUT2D eigenvalue weighted by Crippen LogP contribution is -2.52. The first-order chi connectivity index (χ1) is 14.5. The maximum absolute atomic E-state index is 13.7. The number of para-hydroxylation sites is 1. The molecule has 2 amide bonds. The molecular formula is C20H17ClF4N2O4. The summed E-state index contributed by atoms with van der Waals surface area (Å²) in [4.78, 5) is 24.7. The standard InChI is InChI=1S/C20H17ClF4N2O4/c21-15-10-12(26-18(28)16-9-11(22)7-8-27(16)19(29)30)5-6-13(15)14-3-1-2-4-17(14)31-20(23,24)25/h1-6,10-11,16H,7-9H2,(H,26,28)(H,29,30)/t11-,16-/m1/s1. The van der Waals surface area contributed by atoms with Gasteiger partial charge in [0, 0.05) is 29.8 Å². The van der Waals surface area contributed by atoms with Crippen molar-refractivity contribution in [3.8, 4) is 16.9 Å². The lowest BCUT2D eigenvalue weighted by atomic mass is 10.00. The normalized spacial score (nSPS) is 19.1. The Labute approximate surface area is 179 Å². The number of hydrogen-bond acceptors (Lipinski definition) is 3. The summed E-state index contributed by atoms with van der Waals surface area (Å²) in [5.74, 6) is -1.17. The van der Waals surface area contributed by atoms with Gasteiger partial charge in [0.05, 0.1) is 5.02 Å². The predicted octanol–water partition coefficient (Wildman–Crippen LogP) is 5.32.